The molecule has 0 aromatic heterocycles. The predicted octanol–water partition coefficient (Wildman–Crippen LogP) is 3.20. The second-order valence-electron chi connectivity index (χ2n) is 3.22. The maximum absolute atomic E-state index is 11.6. The van der Waals surface area contributed by atoms with Crippen molar-refractivity contribution in [3.63, 3.8) is 0 Å². The summed E-state index contributed by atoms with van der Waals surface area (Å²) in [5, 5.41) is 10.4. The zero-order valence-corrected chi connectivity index (χ0v) is 10.7. The van der Waals surface area contributed by atoms with Crippen LogP contribution in [0.25, 0.3) is 0 Å². The van der Waals surface area contributed by atoms with Crippen molar-refractivity contribution in [2.45, 2.75) is 4.90 Å². The van der Waals surface area contributed by atoms with Gasteiger partial charge >= 0.3 is 0 Å². The molecule has 0 radical (unpaired) electrons. The lowest BCUT2D eigenvalue weighted by atomic mass is 10.3. The minimum Gasteiger partial charge on any atom is -0.331 e. The fourth-order valence-corrected chi connectivity index (χ4v) is 3.19. The summed E-state index contributed by atoms with van der Waals surface area (Å²) in [6, 6.07) is 6.13. The Kier molecular flexibility index (Phi) is 4.53. The van der Waals surface area contributed by atoms with Gasteiger partial charge in [0, 0.05) is 30.8 Å². The number of hydrogen-bond donors (Lipinski definition) is 0. The molecular formula is C9H12NO4PS. The minimum absolute atomic E-state index is 0.0516. The van der Waals surface area contributed by atoms with E-state index in [9.17, 15) is 14.7 Å². The van der Waals surface area contributed by atoms with Crippen molar-refractivity contribution in [3.05, 3.63) is 34.4 Å². The van der Waals surface area contributed by atoms with Crippen molar-refractivity contribution in [2.24, 2.45) is 0 Å². The van der Waals surface area contributed by atoms with Crippen molar-refractivity contribution >= 4 is 24.8 Å². The van der Waals surface area contributed by atoms with E-state index in [-0.39, 0.29) is 5.69 Å². The molecule has 88 valence electrons. The molecule has 5 nitrogen and oxygen atoms in total. The summed E-state index contributed by atoms with van der Waals surface area (Å²) >= 11 is 1.36. The zero-order valence-electron chi connectivity index (χ0n) is 8.95. The minimum atomic E-state index is -2.54. The molecule has 0 aliphatic heterocycles. The highest BCUT2D eigenvalue weighted by molar-refractivity contribution is 8.05. The van der Waals surface area contributed by atoms with Gasteiger partial charge in [0.1, 0.15) is 0 Å². The van der Waals surface area contributed by atoms with Crippen LogP contribution >= 0.6 is 19.1 Å². The molecule has 1 rings (SSSR count). The Balaban J connectivity index is 2.63. The Morgan fingerprint density at radius 3 is 2.44 bits per heavy atom. The van der Waals surface area contributed by atoms with Gasteiger partial charge in [-0.2, -0.15) is 0 Å². The van der Waals surface area contributed by atoms with Gasteiger partial charge in [0.2, 0.25) is 7.37 Å². The standard InChI is InChI=1S/C9H12NO4PS/c1-14-15(2,13)7-16-9-5-3-8(4-6-9)10(11)12/h3-6H,7H2,1-2H3. The van der Waals surface area contributed by atoms with Gasteiger partial charge in [0.15, 0.2) is 0 Å². The van der Waals surface area contributed by atoms with Gasteiger partial charge in [-0.25, -0.2) is 0 Å². The van der Waals surface area contributed by atoms with Gasteiger partial charge in [-0.1, -0.05) is 0 Å². The molecule has 0 aliphatic carbocycles. The third-order valence-corrected chi connectivity index (χ3v) is 5.67. The zero-order chi connectivity index (χ0) is 12.2. The molecule has 0 N–H and O–H groups in total. The molecule has 0 bridgehead atoms. The van der Waals surface area contributed by atoms with Crippen LogP contribution in [0, 0.1) is 10.1 Å². The number of rotatable bonds is 5. The lowest BCUT2D eigenvalue weighted by Gasteiger charge is -2.09. The number of nitrogens with zero attached hydrogens (tertiary/aromatic N) is 1. The lowest BCUT2D eigenvalue weighted by Crippen LogP contribution is -1.88. The molecule has 0 spiro atoms. The summed E-state index contributed by atoms with van der Waals surface area (Å²) in [5.74, 6) is 0. The first-order valence-corrected chi connectivity index (χ1v) is 7.68. The van der Waals surface area contributed by atoms with Crippen LogP contribution < -0.4 is 0 Å². The van der Waals surface area contributed by atoms with E-state index in [4.69, 9.17) is 4.52 Å². The summed E-state index contributed by atoms with van der Waals surface area (Å²) in [6.45, 7) is 1.56. The topological polar surface area (TPSA) is 69.4 Å². The maximum Gasteiger partial charge on any atom is 0.269 e. The molecule has 0 heterocycles. The molecule has 0 aliphatic rings. The molecule has 16 heavy (non-hydrogen) atoms. The number of hydrogen-bond acceptors (Lipinski definition) is 5. The second kappa shape index (κ2) is 5.48. The van der Waals surface area contributed by atoms with Gasteiger partial charge in [-0.3, -0.25) is 14.7 Å². The van der Waals surface area contributed by atoms with Crippen molar-refractivity contribution in [3.8, 4) is 0 Å². The van der Waals surface area contributed by atoms with Crippen LogP contribution in [-0.2, 0) is 9.09 Å². The fraction of sp³-hybridized carbons (Fsp3) is 0.333. The Morgan fingerprint density at radius 2 is 2.00 bits per heavy atom. The third-order valence-electron chi connectivity index (χ3n) is 1.90. The fourth-order valence-electron chi connectivity index (χ4n) is 0.909. The molecule has 7 heteroatoms. The Morgan fingerprint density at radius 1 is 1.44 bits per heavy atom. The molecule has 1 aromatic carbocycles. The smallest absolute Gasteiger partial charge is 0.269 e. The molecule has 1 unspecified atom stereocenters. The van der Waals surface area contributed by atoms with E-state index < -0.39 is 12.3 Å². The van der Waals surface area contributed by atoms with Crippen molar-refractivity contribution < 1.29 is 14.0 Å². The monoisotopic (exact) mass is 261 g/mol. The van der Waals surface area contributed by atoms with Crippen molar-refractivity contribution in [1.82, 2.24) is 0 Å². The number of benzene rings is 1. The van der Waals surface area contributed by atoms with Crippen LogP contribution in [0.3, 0.4) is 0 Å². The van der Waals surface area contributed by atoms with Gasteiger partial charge in [0.25, 0.3) is 5.69 Å². The van der Waals surface area contributed by atoms with E-state index in [0.29, 0.717) is 5.49 Å². The van der Waals surface area contributed by atoms with E-state index in [0.717, 1.165) is 4.90 Å². The molecule has 0 saturated carbocycles. The quantitative estimate of drug-likeness (QED) is 0.352. The average Bonchev–Trinajstić information content (AvgIpc) is 2.27. The highest BCUT2D eigenvalue weighted by Crippen LogP contribution is 2.46. The second-order valence-corrected chi connectivity index (χ2v) is 7.41. The largest absolute Gasteiger partial charge is 0.331 e. The highest BCUT2D eigenvalue weighted by Gasteiger charge is 2.14. The van der Waals surface area contributed by atoms with Gasteiger partial charge in [-0.15, -0.1) is 11.8 Å². The van der Waals surface area contributed by atoms with E-state index in [2.05, 4.69) is 0 Å². The summed E-state index contributed by atoms with van der Waals surface area (Å²) in [5.41, 5.74) is 0.414. The van der Waals surface area contributed by atoms with E-state index in [1.807, 2.05) is 0 Å². The normalized spacial score (nSPS) is 14.4. The van der Waals surface area contributed by atoms with Crippen molar-refractivity contribution in [1.29, 1.82) is 0 Å². The first-order valence-electron chi connectivity index (χ1n) is 4.44. The summed E-state index contributed by atoms with van der Waals surface area (Å²) in [6.07, 6.45) is 0. The molecule has 0 amide bonds. The number of nitro groups is 1. The van der Waals surface area contributed by atoms with Gasteiger partial charge < -0.3 is 4.52 Å². The van der Waals surface area contributed by atoms with Crippen LogP contribution in [0.2, 0.25) is 0 Å². The van der Waals surface area contributed by atoms with Crippen LogP contribution in [0.1, 0.15) is 0 Å². The van der Waals surface area contributed by atoms with Gasteiger partial charge in [-0.05, 0) is 12.1 Å². The van der Waals surface area contributed by atoms with Crippen LogP contribution in [0.5, 0.6) is 0 Å². The Bertz CT molecular complexity index is 420. The predicted molar refractivity (Wildman–Crippen MR) is 64.4 cm³/mol. The SMILES string of the molecule is COP(C)(=O)CSc1ccc([N+](=O)[O-])cc1. The summed E-state index contributed by atoms with van der Waals surface area (Å²) < 4.78 is 16.4. The average molecular weight is 261 g/mol. The van der Waals surface area contributed by atoms with E-state index >= 15 is 0 Å². The lowest BCUT2D eigenvalue weighted by molar-refractivity contribution is -0.384. The third kappa shape index (κ3) is 3.96. The van der Waals surface area contributed by atoms with E-state index in [1.165, 1.54) is 31.0 Å². The molecular weight excluding hydrogens is 249 g/mol. The summed E-state index contributed by atoms with van der Waals surface area (Å²) in [7, 11) is -1.13. The molecule has 0 fully saturated rings. The number of nitro benzene ring substituents is 1. The van der Waals surface area contributed by atoms with Crippen LogP contribution in [-0.4, -0.2) is 24.2 Å². The number of non-ortho nitro benzene ring substituents is 1. The molecule has 1 atom stereocenters. The Labute approximate surface area is 97.8 Å². The number of thioether (sulfide) groups is 1. The first kappa shape index (κ1) is 13.2. The highest BCUT2D eigenvalue weighted by atomic mass is 32.2. The maximum atomic E-state index is 11.6. The van der Waals surface area contributed by atoms with Crippen molar-refractivity contribution in [2.75, 3.05) is 19.3 Å². The van der Waals surface area contributed by atoms with E-state index in [1.54, 1.807) is 18.8 Å². The molecule has 1 aromatic rings. The molecule has 0 saturated heterocycles. The Hall–Kier alpha value is -0.840. The van der Waals surface area contributed by atoms with Crippen LogP contribution in [0.15, 0.2) is 29.2 Å². The summed E-state index contributed by atoms with van der Waals surface area (Å²) in [4.78, 5) is 10.8. The van der Waals surface area contributed by atoms with Gasteiger partial charge in [0.05, 0.1) is 10.4 Å². The van der Waals surface area contributed by atoms with Crippen LogP contribution in [0.4, 0.5) is 5.69 Å². The first-order chi connectivity index (χ1) is 7.44.